The molecule has 1 aliphatic rings. The molecule has 6 heteroatoms. The monoisotopic (exact) mass is 313 g/mol. The van der Waals surface area contributed by atoms with Crippen LogP contribution < -0.4 is 16.6 Å². The third kappa shape index (κ3) is 3.32. The number of anilines is 2. The van der Waals surface area contributed by atoms with Crippen LogP contribution in [0.4, 0.5) is 11.8 Å². The van der Waals surface area contributed by atoms with E-state index >= 15 is 0 Å². The van der Waals surface area contributed by atoms with Gasteiger partial charge in [0.2, 0.25) is 5.95 Å². The third-order valence-corrected chi connectivity index (χ3v) is 4.14. The predicted octanol–water partition coefficient (Wildman–Crippen LogP) is 2.91. The van der Waals surface area contributed by atoms with Crippen molar-refractivity contribution < 1.29 is 0 Å². The first kappa shape index (κ1) is 13.5. The molecule has 2 rings (SSSR count). The number of halogens is 1. The minimum atomic E-state index is 0.432. The summed E-state index contributed by atoms with van der Waals surface area (Å²) in [4.78, 5) is 8.40. The van der Waals surface area contributed by atoms with Gasteiger partial charge >= 0.3 is 0 Å². The van der Waals surface area contributed by atoms with Crippen molar-refractivity contribution in [3.05, 3.63) is 10.7 Å². The van der Waals surface area contributed by atoms with Crippen molar-refractivity contribution in [2.75, 3.05) is 10.7 Å². The Morgan fingerprint density at radius 1 is 1.33 bits per heavy atom. The van der Waals surface area contributed by atoms with Gasteiger partial charge in [-0.05, 0) is 34.7 Å². The number of nitrogens with zero attached hydrogens (tertiary/aromatic N) is 2. The van der Waals surface area contributed by atoms with Crippen LogP contribution in [0.3, 0.4) is 0 Å². The second-order valence-electron chi connectivity index (χ2n) is 4.90. The van der Waals surface area contributed by atoms with E-state index in [1.54, 1.807) is 6.20 Å². The maximum absolute atomic E-state index is 5.34. The number of hydrogen-bond acceptors (Lipinski definition) is 5. The van der Waals surface area contributed by atoms with E-state index in [2.05, 4.69) is 43.6 Å². The fraction of sp³-hybridized carbons (Fsp3) is 0.667. The number of hydrogen-bond donors (Lipinski definition) is 3. The van der Waals surface area contributed by atoms with E-state index in [-0.39, 0.29) is 0 Å². The second-order valence-corrected chi connectivity index (χ2v) is 5.75. The van der Waals surface area contributed by atoms with E-state index in [0.717, 1.165) is 10.3 Å². The first-order valence-corrected chi connectivity index (χ1v) is 7.25. The lowest BCUT2D eigenvalue weighted by atomic mass is 9.97. The molecule has 1 aromatic rings. The van der Waals surface area contributed by atoms with Crippen molar-refractivity contribution >= 4 is 27.7 Å². The Morgan fingerprint density at radius 2 is 2.11 bits per heavy atom. The number of nitrogens with one attached hydrogen (secondary N) is 2. The zero-order chi connectivity index (χ0) is 13.0. The van der Waals surface area contributed by atoms with Gasteiger partial charge in [0.25, 0.3) is 0 Å². The summed E-state index contributed by atoms with van der Waals surface area (Å²) in [6.07, 6.45) is 8.15. The summed E-state index contributed by atoms with van der Waals surface area (Å²) in [6.45, 7) is 2.31. The number of hydrazine groups is 1. The third-order valence-electron chi connectivity index (χ3n) is 3.56. The number of nitrogen functional groups attached to an aromatic ring is 1. The van der Waals surface area contributed by atoms with Gasteiger partial charge in [0, 0.05) is 12.2 Å². The van der Waals surface area contributed by atoms with Gasteiger partial charge in [0.15, 0.2) is 0 Å². The first-order valence-electron chi connectivity index (χ1n) is 6.46. The van der Waals surface area contributed by atoms with Crippen LogP contribution in [0.25, 0.3) is 0 Å². The highest BCUT2D eigenvalue weighted by atomic mass is 79.9. The van der Waals surface area contributed by atoms with Crippen molar-refractivity contribution in [2.24, 2.45) is 11.8 Å². The average Bonchev–Trinajstić information content (AvgIpc) is 2.58. The zero-order valence-corrected chi connectivity index (χ0v) is 12.2. The molecule has 100 valence electrons. The van der Waals surface area contributed by atoms with Crippen LogP contribution in [-0.2, 0) is 0 Å². The summed E-state index contributed by atoms with van der Waals surface area (Å²) in [5, 5.41) is 3.52. The highest BCUT2D eigenvalue weighted by molar-refractivity contribution is 9.10. The largest absolute Gasteiger partial charge is 0.366 e. The second kappa shape index (κ2) is 6.33. The van der Waals surface area contributed by atoms with E-state index < -0.39 is 0 Å². The fourth-order valence-electron chi connectivity index (χ4n) is 2.42. The molecule has 4 N–H and O–H groups in total. The van der Waals surface area contributed by atoms with Gasteiger partial charge in [0.1, 0.15) is 5.82 Å². The highest BCUT2D eigenvalue weighted by Gasteiger charge is 2.21. The van der Waals surface area contributed by atoms with Gasteiger partial charge in [-0.15, -0.1) is 0 Å². The number of nitrogens with two attached hydrogens (primary N) is 1. The van der Waals surface area contributed by atoms with Gasteiger partial charge in [0.05, 0.1) is 4.47 Å². The number of rotatable bonds is 3. The van der Waals surface area contributed by atoms with Crippen molar-refractivity contribution in [3.8, 4) is 0 Å². The van der Waals surface area contributed by atoms with Gasteiger partial charge in [-0.25, -0.2) is 10.8 Å². The Bertz CT molecular complexity index is 398. The first-order chi connectivity index (χ1) is 8.70. The van der Waals surface area contributed by atoms with Crippen LogP contribution in [0.15, 0.2) is 10.7 Å². The van der Waals surface area contributed by atoms with E-state index in [4.69, 9.17) is 5.84 Å². The molecular weight excluding hydrogens is 294 g/mol. The van der Waals surface area contributed by atoms with E-state index in [9.17, 15) is 0 Å². The maximum Gasteiger partial charge on any atom is 0.239 e. The van der Waals surface area contributed by atoms with Gasteiger partial charge in [-0.3, -0.25) is 5.43 Å². The van der Waals surface area contributed by atoms with Crippen LogP contribution in [0.1, 0.15) is 39.0 Å². The van der Waals surface area contributed by atoms with Crippen molar-refractivity contribution in [1.29, 1.82) is 0 Å². The Balaban J connectivity index is 2.11. The molecule has 0 aliphatic heterocycles. The molecule has 0 spiro atoms. The van der Waals surface area contributed by atoms with Crippen LogP contribution in [0.2, 0.25) is 0 Å². The quantitative estimate of drug-likeness (QED) is 0.454. The molecular formula is C12H20BrN5. The Morgan fingerprint density at radius 3 is 2.89 bits per heavy atom. The minimum Gasteiger partial charge on any atom is -0.366 e. The fourth-order valence-corrected chi connectivity index (χ4v) is 2.73. The molecule has 18 heavy (non-hydrogen) atoms. The van der Waals surface area contributed by atoms with Gasteiger partial charge in [-0.2, -0.15) is 4.98 Å². The number of aromatic nitrogens is 2. The van der Waals surface area contributed by atoms with Crippen LogP contribution >= 0.6 is 15.9 Å². The zero-order valence-electron chi connectivity index (χ0n) is 10.6. The normalized spacial score (nSPS) is 24.4. The summed E-state index contributed by atoms with van der Waals surface area (Å²) in [5.41, 5.74) is 2.47. The molecule has 5 nitrogen and oxygen atoms in total. The molecule has 1 fully saturated rings. The van der Waals surface area contributed by atoms with Gasteiger partial charge in [-0.1, -0.05) is 26.2 Å². The van der Waals surface area contributed by atoms with Gasteiger partial charge < -0.3 is 5.32 Å². The van der Waals surface area contributed by atoms with E-state index in [1.165, 1.54) is 32.1 Å². The van der Waals surface area contributed by atoms with Crippen LogP contribution in [-0.4, -0.2) is 16.0 Å². The Hall–Kier alpha value is -0.880. The lowest BCUT2D eigenvalue weighted by Gasteiger charge is -2.24. The Labute approximate surface area is 116 Å². The summed E-state index contributed by atoms with van der Waals surface area (Å²) in [6, 6.07) is 0.476. The lowest BCUT2D eigenvalue weighted by Crippen LogP contribution is -2.27. The molecule has 0 amide bonds. The highest BCUT2D eigenvalue weighted by Crippen LogP contribution is 2.28. The SMILES string of the molecule is CC1CCCCCC1Nc1nc(NN)ncc1Br. The summed E-state index contributed by atoms with van der Waals surface area (Å²) < 4.78 is 0.873. The van der Waals surface area contributed by atoms with E-state index in [1.807, 2.05) is 0 Å². The summed E-state index contributed by atoms with van der Waals surface area (Å²) in [7, 11) is 0. The van der Waals surface area contributed by atoms with Crippen LogP contribution in [0, 0.1) is 5.92 Å². The molecule has 1 heterocycles. The summed E-state index contributed by atoms with van der Waals surface area (Å²) in [5.74, 6) is 7.25. The van der Waals surface area contributed by atoms with E-state index in [0.29, 0.717) is 17.9 Å². The minimum absolute atomic E-state index is 0.432. The smallest absolute Gasteiger partial charge is 0.239 e. The molecule has 0 saturated heterocycles. The van der Waals surface area contributed by atoms with Crippen molar-refractivity contribution in [3.63, 3.8) is 0 Å². The standard InChI is InChI=1S/C12H20BrN5/c1-8-5-3-2-4-6-10(8)16-11-9(13)7-15-12(17-11)18-14/h7-8,10H,2-6,14H2,1H3,(H2,15,16,17,18). The Kier molecular flexibility index (Phi) is 4.77. The molecule has 0 aromatic carbocycles. The molecule has 1 saturated carbocycles. The maximum atomic E-state index is 5.34. The molecule has 1 aliphatic carbocycles. The molecule has 0 radical (unpaired) electrons. The molecule has 2 unspecified atom stereocenters. The summed E-state index contributed by atoms with van der Waals surface area (Å²) >= 11 is 3.47. The average molecular weight is 314 g/mol. The molecule has 0 bridgehead atoms. The lowest BCUT2D eigenvalue weighted by molar-refractivity contribution is 0.455. The van der Waals surface area contributed by atoms with Crippen molar-refractivity contribution in [1.82, 2.24) is 9.97 Å². The topological polar surface area (TPSA) is 75.9 Å². The molecule has 1 aromatic heterocycles. The molecule has 2 atom stereocenters. The van der Waals surface area contributed by atoms with Crippen LogP contribution in [0.5, 0.6) is 0 Å². The predicted molar refractivity (Wildman–Crippen MR) is 77.2 cm³/mol. The van der Waals surface area contributed by atoms with Crippen molar-refractivity contribution in [2.45, 2.75) is 45.1 Å².